The van der Waals surface area contributed by atoms with Crippen LogP contribution in [0, 0.1) is 0 Å². The van der Waals surface area contributed by atoms with Gasteiger partial charge in [0.2, 0.25) is 0 Å². The van der Waals surface area contributed by atoms with Gasteiger partial charge in [0.05, 0.1) is 0 Å². The summed E-state index contributed by atoms with van der Waals surface area (Å²) in [6.45, 7) is 1.92. The monoisotopic (exact) mass is 247 g/mol. The van der Waals surface area contributed by atoms with Gasteiger partial charge in [0.1, 0.15) is 0 Å². The van der Waals surface area contributed by atoms with E-state index in [-0.39, 0.29) is 0 Å². The standard InChI is InChI=1S/C11H13N5O2/c1-2-4-9(11(17)18)16-10(13-14-15-16)8-5-3-6-12-7-8/h3,5-7,9H,2,4H2,1H3,(H,17,18). The van der Waals surface area contributed by atoms with Gasteiger partial charge in [-0.05, 0) is 29.0 Å². The number of hydrogen-bond acceptors (Lipinski definition) is 5. The second-order valence-electron chi connectivity index (χ2n) is 3.83. The number of pyridine rings is 1. The highest BCUT2D eigenvalue weighted by atomic mass is 16.4. The number of carboxylic acid groups (broad SMARTS) is 1. The molecule has 1 unspecified atom stereocenters. The van der Waals surface area contributed by atoms with E-state index in [1.807, 2.05) is 6.92 Å². The molecule has 2 aromatic heterocycles. The molecular formula is C11H13N5O2. The molecule has 0 aliphatic heterocycles. The molecule has 94 valence electrons. The molecule has 0 aromatic carbocycles. The van der Waals surface area contributed by atoms with E-state index in [0.29, 0.717) is 17.8 Å². The third kappa shape index (κ3) is 2.34. The maximum atomic E-state index is 11.2. The number of aliphatic carboxylic acids is 1. The number of tetrazole rings is 1. The minimum absolute atomic E-state index is 0.420. The van der Waals surface area contributed by atoms with Gasteiger partial charge in [0.25, 0.3) is 0 Å². The molecule has 0 aliphatic rings. The molecule has 7 nitrogen and oxygen atoms in total. The maximum absolute atomic E-state index is 11.2. The third-order valence-electron chi connectivity index (χ3n) is 2.55. The zero-order chi connectivity index (χ0) is 13.0. The van der Waals surface area contributed by atoms with Crippen molar-refractivity contribution in [2.75, 3.05) is 0 Å². The predicted molar refractivity (Wildman–Crippen MR) is 62.6 cm³/mol. The smallest absolute Gasteiger partial charge is 0.328 e. The normalized spacial score (nSPS) is 12.3. The molecule has 0 fully saturated rings. The third-order valence-corrected chi connectivity index (χ3v) is 2.55. The Labute approximate surface area is 103 Å². The van der Waals surface area contributed by atoms with Gasteiger partial charge >= 0.3 is 5.97 Å². The van der Waals surface area contributed by atoms with E-state index < -0.39 is 12.0 Å². The Hall–Kier alpha value is -2.31. The van der Waals surface area contributed by atoms with Gasteiger partial charge in [-0.3, -0.25) is 4.98 Å². The molecule has 0 bridgehead atoms. The Morgan fingerprint density at radius 1 is 1.56 bits per heavy atom. The van der Waals surface area contributed by atoms with E-state index in [1.54, 1.807) is 24.5 Å². The maximum Gasteiger partial charge on any atom is 0.328 e. The van der Waals surface area contributed by atoms with Crippen LogP contribution in [0.4, 0.5) is 0 Å². The van der Waals surface area contributed by atoms with E-state index in [1.165, 1.54) is 4.68 Å². The highest BCUT2D eigenvalue weighted by Gasteiger charge is 2.24. The molecule has 0 aliphatic carbocycles. The van der Waals surface area contributed by atoms with Crippen molar-refractivity contribution in [1.29, 1.82) is 0 Å². The summed E-state index contributed by atoms with van der Waals surface area (Å²) in [5, 5.41) is 20.4. The number of rotatable bonds is 5. The quantitative estimate of drug-likeness (QED) is 0.852. The average Bonchev–Trinajstić information content (AvgIpc) is 2.85. The predicted octanol–water partition coefficient (Wildman–Crippen LogP) is 1.16. The molecule has 2 rings (SSSR count). The van der Waals surface area contributed by atoms with Crippen LogP contribution >= 0.6 is 0 Å². The summed E-state index contributed by atoms with van der Waals surface area (Å²) < 4.78 is 1.34. The Morgan fingerprint density at radius 2 is 2.39 bits per heavy atom. The summed E-state index contributed by atoms with van der Waals surface area (Å²) in [6, 6.07) is 2.80. The van der Waals surface area contributed by atoms with Crippen LogP contribution in [0.1, 0.15) is 25.8 Å². The molecular weight excluding hydrogens is 234 g/mol. The summed E-state index contributed by atoms with van der Waals surface area (Å²) >= 11 is 0. The molecule has 18 heavy (non-hydrogen) atoms. The van der Waals surface area contributed by atoms with Crippen molar-refractivity contribution in [3.8, 4) is 11.4 Å². The van der Waals surface area contributed by atoms with Crippen molar-refractivity contribution < 1.29 is 9.90 Å². The molecule has 0 radical (unpaired) electrons. The molecule has 0 spiro atoms. The Morgan fingerprint density at radius 3 is 3.00 bits per heavy atom. The molecule has 0 saturated carbocycles. The second kappa shape index (κ2) is 5.35. The first-order valence-electron chi connectivity index (χ1n) is 5.65. The number of carboxylic acids is 1. The molecule has 2 heterocycles. The lowest BCUT2D eigenvalue weighted by Crippen LogP contribution is -2.21. The van der Waals surface area contributed by atoms with Crippen molar-refractivity contribution in [2.24, 2.45) is 0 Å². The largest absolute Gasteiger partial charge is 0.480 e. The van der Waals surface area contributed by atoms with Crippen molar-refractivity contribution in [3.05, 3.63) is 24.5 Å². The molecule has 0 amide bonds. The van der Waals surface area contributed by atoms with Crippen LogP contribution in [-0.4, -0.2) is 36.3 Å². The minimum Gasteiger partial charge on any atom is -0.480 e. The summed E-state index contributed by atoms with van der Waals surface area (Å²) in [5.41, 5.74) is 0.699. The van der Waals surface area contributed by atoms with Gasteiger partial charge < -0.3 is 5.11 Å². The van der Waals surface area contributed by atoms with Gasteiger partial charge in [0, 0.05) is 18.0 Å². The zero-order valence-electron chi connectivity index (χ0n) is 9.89. The molecule has 1 atom stereocenters. The summed E-state index contributed by atoms with van der Waals surface area (Å²) in [6.07, 6.45) is 4.46. The van der Waals surface area contributed by atoms with Crippen LogP contribution in [0.2, 0.25) is 0 Å². The van der Waals surface area contributed by atoms with E-state index in [9.17, 15) is 9.90 Å². The number of aromatic nitrogens is 5. The van der Waals surface area contributed by atoms with Gasteiger partial charge in [-0.15, -0.1) is 5.10 Å². The summed E-state index contributed by atoms with van der Waals surface area (Å²) in [4.78, 5) is 15.2. The van der Waals surface area contributed by atoms with Crippen LogP contribution in [0.15, 0.2) is 24.5 Å². The van der Waals surface area contributed by atoms with E-state index in [2.05, 4.69) is 20.5 Å². The lowest BCUT2D eigenvalue weighted by Gasteiger charge is -2.12. The van der Waals surface area contributed by atoms with Crippen molar-refractivity contribution in [3.63, 3.8) is 0 Å². The number of carbonyl (C=O) groups is 1. The number of nitrogens with zero attached hydrogens (tertiary/aromatic N) is 5. The van der Waals surface area contributed by atoms with Crippen LogP contribution in [0.3, 0.4) is 0 Å². The fraction of sp³-hybridized carbons (Fsp3) is 0.364. The Kier molecular flexibility index (Phi) is 3.61. The van der Waals surface area contributed by atoms with Gasteiger partial charge in [-0.1, -0.05) is 13.3 Å². The highest BCUT2D eigenvalue weighted by molar-refractivity contribution is 5.72. The van der Waals surface area contributed by atoms with Crippen LogP contribution < -0.4 is 0 Å². The number of hydrogen-bond donors (Lipinski definition) is 1. The average molecular weight is 247 g/mol. The molecule has 0 saturated heterocycles. The summed E-state index contributed by atoms with van der Waals surface area (Å²) in [7, 11) is 0. The summed E-state index contributed by atoms with van der Waals surface area (Å²) in [5.74, 6) is -0.516. The van der Waals surface area contributed by atoms with Gasteiger partial charge in [0.15, 0.2) is 11.9 Å². The van der Waals surface area contributed by atoms with Crippen molar-refractivity contribution in [1.82, 2.24) is 25.2 Å². The molecule has 7 heteroatoms. The second-order valence-corrected chi connectivity index (χ2v) is 3.83. The lowest BCUT2D eigenvalue weighted by atomic mass is 10.1. The highest BCUT2D eigenvalue weighted by Crippen LogP contribution is 2.21. The Bertz CT molecular complexity index is 525. The zero-order valence-corrected chi connectivity index (χ0v) is 9.89. The lowest BCUT2D eigenvalue weighted by molar-refractivity contribution is -0.141. The first-order valence-corrected chi connectivity index (χ1v) is 5.65. The van der Waals surface area contributed by atoms with Gasteiger partial charge in [-0.2, -0.15) is 0 Å². The molecule has 2 aromatic rings. The van der Waals surface area contributed by atoms with Crippen molar-refractivity contribution in [2.45, 2.75) is 25.8 Å². The van der Waals surface area contributed by atoms with Gasteiger partial charge in [-0.25, -0.2) is 9.48 Å². The van der Waals surface area contributed by atoms with E-state index in [0.717, 1.165) is 6.42 Å². The van der Waals surface area contributed by atoms with Crippen molar-refractivity contribution >= 4 is 5.97 Å². The first kappa shape index (κ1) is 12.2. The topological polar surface area (TPSA) is 93.8 Å². The minimum atomic E-state index is -0.936. The van der Waals surface area contributed by atoms with E-state index in [4.69, 9.17) is 0 Å². The van der Waals surface area contributed by atoms with E-state index >= 15 is 0 Å². The fourth-order valence-corrected chi connectivity index (χ4v) is 1.71. The van der Waals surface area contributed by atoms with Crippen LogP contribution in [0.5, 0.6) is 0 Å². The van der Waals surface area contributed by atoms with Crippen LogP contribution in [0.25, 0.3) is 11.4 Å². The molecule has 1 N–H and O–H groups in total. The first-order chi connectivity index (χ1) is 8.74. The van der Waals surface area contributed by atoms with Crippen LogP contribution in [-0.2, 0) is 4.79 Å². The fourth-order valence-electron chi connectivity index (χ4n) is 1.71. The SMILES string of the molecule is CCCC(C(=O)O)n1nnnc1-c1cccnc1. The Balaban J connectivity index is 2.41.